The van der Waals surface area contributed by atoms with Gasteiger partial charge in [-0.05, 0) is 37.0 Å². The minimum Gasteiger partial charge on any atom is -0.423 e. The van der Waals surface area contributed by atoms with E-state index in [1.54, 1.807) is 6.92 Å². The molecule has 1 unspecified atom stereocenters. The third-order valence-electron chi connectivity index (χ3n) is 5.39. The maximum absolute atomic E-state index is 13.5. The van der Waals surface area contributed by atoms with E-state index >= 15 is 0 Å². The molecule has 2 atom stereocenters. The van der Waals surface area contributed by atoms with E-state index in [9.17, 15) is 22.4 Å². The second-order valence-corrected chi connectivity index (χ2v) is 7.91. The van der Waals surface area contributed by atoms with Gasteiger partial charge in [0.25, 0.3) is 0 Å². The van der Waals surface area contributed by atoms with Crippen LogP contribution in [-0.2, 0) is 6.18 Å². The van der Waals surface area contributed by atoms with E-state index < -0.39 is 29.6 Å². The zero-order valence-corrected chi connectivity index (χ0v) is 17.7. The molecule has 0 radical (unpaired) electrons. The third kappa shape index (κ3) is 4.94. The van der Waals surface area contributed by atoms with Crippen LogP contribution in [0.5, 0.6) is 0 Å². The molecule has 0 spiro atoms. The van der Waals surface area contributed by atoms with Crippen LogP contribution in [0.2, 0.25) is 0 Å². The molecule has 1 aliphatic heterocycles. The lowest BCUT2D eigenvalue weighted by atomic mass is 9.92. The zero-order valence-electron chi connectivity index (χ0n) is 17.7. The van der Waals surface area contributed by atoms with Crippen molar-refractivity contribution in [3.63, 3.8) is 0 Å². The van der Waals surface area contributed by atoms with Crippen LogP contribution in [0.1, 0.15) is 43.2 Å². The van der Waals surface area contributed by atoms with Crippen LogP contribution in [0.25, 0.3) is 11.4 Å². The fraction of sp³-hybridized carbons (Fsp3) is 0.381. The number of rotatable bonds is 3. The van der Waals surface area contributed by atoms with E-state index in [1.807, 2.05) is 0 Å². The lowest BCUT2D eigenvalue weighted by Crippen LogP contribution is -2.43. The molecule has 3 heterocycles. The van der Waals surface area contributed by atoms with Crippen molar-refractivity contribution in [1.29, 1.82) is 0 Å². The van der Waals surface area contributed by atoms with Crippen LogP contribution >= 0.6 is 0 Å². The van der Waals surface area contributed by atoms with Crippen LogP contribution in [0, 0.1) is 18.7 Å². The Bertz CT molecular complexity index is 1150. The highest BCUT2D eigenvalue weighted by Crippen LogP contribution is 2.38. The van der Waals surface area contributed by atoms with Crippen molar-refractivity contribution in [2.45, 2.75) is 38.9 Å². The Labute approximate surface area is 186 Å². The monoisotopic (exact) mass is 464 g/mol. The molecule has 2 aromatic heterocycles. The fourth-order valence-corrected chi connectivity index (χ4v) is 3.77. The summed E-state index contributed by atoms with van der Waals surface area (Å²) >= 11 is 0. The molecule has 1 N–H and O–H groups in total. The second-order valence-electron chi connectivity index (χ2n) is 7.91. The quantitative estimate of drug-likeness (QED) is 0.548. The molecule has 0 saturated carbocycles. The summed E-state index contributed by atoms with van der Waals surface area (Å²) in [5, 5.41) is 10.5. The standard InChI is InChI=1S/C21H20F4N6O2/c1-11-5-6-31(17(7-11)19-30-29-12(2)33-19)20(32)28-14-3-4-16(21(23,24)25)15(8-14)18-26-9-13(22)10-27-18/h3-4,8-11,17H,5-7H2,1-2H3,(H,28,32)/t11-,17?/m0/s1. The van der Waals surface area contributed by atoms with Gasteiger partial charge in [0.1, 0.15) is 6.04 Å². The van der Waals surface area contributed by atoms with E-state index in [0.717, 1.165) is 37.0 Å². The molecule has 12 heteroatoms. The predicted octanol–water partition coefficient (Wildman–Crippen LogP) is 5.00. The van der Waals surface area contributed by atoms with Gasteiger partial charge in [-0.1, -0.05) is 6.92 Å². The number of aromatic nitrogens is 4. The average molecular weight is 464 g/mol. The summed E-state index contributed by atoms with van der Waals surface area (Å²) in [5.74, 6) is -0.0962. The number of amides is 2. The Morgan fingerprint density at radius 1 is 1.21 bits per heavy atom. The Morgan fingerprint density at radius 2 is 1.94 bits per heavy atom. The lowest BCUT2D eigenvalue weighted by Gasteiger charge is -2.36. The molecule has 4 rings (SSSR count). The van der Waals surface area contributed by atoms with Crippen LogP contribution in [-0.4, -0.2) is 37.6 Å². The Balaban J connectivity index is 1.63. The first-order chi connectivity index (χ1) is 15.6. The van der Waals surface area contributed by atoms with E-state index in [2.05, 4.69) is 32.4 Å². The maximum atomic E-state index is 13.5. The number of likely N-dealkylation sites (tertiary alicyclic amines) is 1. The molecule has 8 nitrogen and oxygen atoms in total. The number of urea groups is 1. The van der Waals surface area contributed by atoms with Gasteiger partial charge in [-0.3, -0.25) is 0 Å². The van der Waals surface area contributed by atoms with Crippen LogP contribution < -0.4 is 5.32 Å². The molecule has 1 aromatic carbocycles. The highest BCUT2D eigenvalue weighted by molar-refractivity contribution is 5.90. The number of hydrogen-bond donors (Lipinski definition) is 1. The summed E-state index contributed by atoms with van der Waals surface area (Å²) in [6.45, 7) is 4.11. The molecule has 2 amide bonds. The number of nitrogens with zero attached hydrogens (tertiary/aromatic N) is 5. The van der Waals surface area contributed by atoms with E-state index in [-0.39, 0.29) is 17.1 Å². The average Bonchev–Trinajstić information content (AvgIpc) is 3.19. The molecule has 174 valence electrons. The number of aryl methyl sites for hydroxylation is 1. The van der Waals surface area contributed by atoms with E-state index in [0.29, 0.717) is 30.7 Å². The van der Waals surface area contributed by atoms with E-state index in [4.69, 9.17) is 4.42 Å². The van der Waals surface area contributed by atoms with Crippen LogP contribution in [0.3, 0.4) is 0 Å². The summed E-state index contributed by atoms with van der Waals surface area (Å²) in [7, 11) is 0. The lowest BCUT2D eigenvalue weighted by molar-refractivity contribution is -0.137. The third-order valence-corrected chi connectivity index (χ3v) is 5.39. The molecule has 0 bridgehead atoms. The summed E-state index contributed by atoms with van der Waals surface area (Å²) in [6.07, 6.45) is -1.78. The number of hydrogen-bond acceptors (Lipinski definition) is 6. The molecular formula is C21H20F4N6O2. The minimum absolute atomic E-state index is 0.106. The van der Waals surface area contributed by atoms with Crippen molar-refractivity contribution < 1.29 is 26.8 Å². The molecule has 1 saturated heterocycles. The van der Waals surface area contributed by atoms with Crippen molar-refractivity contribution in [3.05, 3.63) is 53.8 Å². The van der Waals surface area contributed by atoms with Gasteiger partial charge in [-0.2, -0.15) is 13.2 Å². The van der Waals surface area contributed by atoms with Gasteiger partial charge in [0, 0.05) is 24.7 Å². The number of alkyl halides is 3. The topological polar surface area (TPSA) is 97.0 Å². The number of nitrogens with one attached hydrogen (secondary N) is 1. The number of carbonyl (C=O) groups is 1. The van der Waals surface area contributed by atoms with Gasteiger partial charge < -0.3 is 14.6 Å². The van der Waals surface area contributed by atoms with Crippen molar-refractivity contribution in [2.24, 2.45) is 5.92 Å². The van der Waals surface area contributed by atoms with Gasteiger partial charge in [0.2, 0.25) is 11.8 Å². The van der Waals surface area contributed by atoms with Crippen molar-refractivity contribution in [2.75, 3.05) is 11.9 Å². The number of piperidine rings is 1. The SMILES string of the molecule is Cc1nnc(C2C[C@@H](C)CCN2C(=O)Nc2ccc(C(F)(F)F)c(-c3ncc(F)cn3)c2)o1. The summed E-state index contributed by atoms with van der Waals surface area (Å²) in [6, 6.07) is 2.12. The molecule has 1 fully saturated rings. The van der Waals surface area contributed by atoms with Crippen molar-refractivity contribution in [1.82, 2.24) is 25.1 Å². The Hall–Kier alpha value is -3.57. The Morgan fingerprint density at radius 3 is 2.58 bits per heavy atom. The number of benzene rings is 1. The van der Waals surface area contributed by atoms with Gasteiger partial charge in [-0.25, -0.2) is 19.2 Å². The first-order valence-corrected chi connectivity index (χ1v) is 10.2. The largest absolute Gasteiger partial charge is 0.423 e. The van der Waals surface area contributed by atoms with Gasteiger partial charge in [0.15, 0.2) is 11.6 Å². The molecule has 1 aliphatic rings. The summed E-state index contributed by atoms with van der Waals surface area (Å²) < 4.78 is 59.3. The number of halogens is 4. The normalized spacial score (nSPS) is 18.9. The molecular weight excluding hydrogens is 444 g/mol. The van der Waals surface area contributed by atoms with Crippen molar-refractivity contribution in [3.8, 4) is 11.4 Å². The minimum atomic E-state index is -4.69. The number of carbonyl (C=O) groups excluding carboxylic acids is 1. The second kappa shape index (κ2) is 8.75. The smallest absolute Gasteiger partial charge is 0.417 e. The zero-order chi connectivity index (χ0) is 23.8. The first kappa shape index (κ1) is 22.6. The van der Waals surface area contributed by atoms with E-state index in [1.165, 1.54) is 4.90 Å². The Kier molecular flexibility index (Phi) is 6.00. The fourth-order valence-electron chi connectivity index (χ4n) is 3.77. The van der Waals surface area contributed by atoms with Crippen molar-refractivity contribution >= 4 is 11.7 Å². The number of anilines is 1. The highest BCUT2D eigenvalue weighted by atomic mass is 19.4. The highest BCUT2D eigenvalue weighted by Gasteiger charge is 2.36. The van der Waals surface area contributed by atoms with Gasteiger partial charge >= 0.3 is 12.2 Å². The van der Waals surface area contributed by atoms with Gasteiger partial charge in [0.05, 0.1) is 18.0 Å². The maximum Gasteiger partial charge on any atom is 0.417 e. The van der Waals surface area contributed by atoms with Crippen LogP contribution in [0.4, 0.5) is 28.0 Å². The molecule has 33 heavy (non-hydrogen) atoms. The molecule has 3 aromatic rings. The summed E-state index contributed by atoms with van der Waals surface area (Å²) in [4.78, 5) is 21.9. The van der Waals surface area contributed by atoms with Gasteiger partial charge in [-0.15, -0.1) is 10.2 Å². The molecule has 0 aliphatic carbocycles. The summed E-state index contributed by atoms with van der Waals surface area (Å²) in [5.41, 5.74) is -1.27. The predicted molar refractivity (Wildman–Crippen MR) is 108 cm³/mol. The van der Waals surface area contributed by atoms with Crippen LogP contribution in [0.15, 0.2) is 35.0 Å². The first-order valence-electron chi connectivity index (χ1n) is 10.2.